The van der Waals surface area contributed by atoms with Crippen LogP contribution in [0.4, 0.5) is 5.13 Å². The summed E-state index contributed by atoms with van der Waals surface area (Å²) in [6, 6.07) is 9.69. The molecule has 7 nitrogen and oxygen atoms in total. The van der Waals surface area contributed by atoms with E-state index in [4.69, 9.17) is 9.72 Å². The molecule has 2 aromatic carbocycles. The number of rotatable bonds is 5. The van der Waals surface area contributed by atoms with Crippen molar-refractivity contribution in [2.24, 2.45) is 0 Å². The van der Waals surface area contributed by atoms with Crippen LogP contribution in [0.2, 0.25) is 0 Å². The molecule has 0 aliphatic carbocycles. The van der Waals surface area contributed by atoms with Gasteiger partial charge in [-0.2, -0.15) is 0 Å². The van der Waals surface area contributed by atoms with Crippen LogP contribution in [0, 0.1) is 13.8 Å². The van der Waals surface area contributed by atoms with Crippen LogP contribution in [0.5, 0.6) is 0 Å². The molecule has 5 rings (SSSR count). The normalized spacial score (nSPS) is 14.8. The van der Waals surface area contributed by atoms with Crippen molar-refractivity contribution in [1.29, 1.82) is 0 Å². The summed E-state index contributed by atoms with van der Waals surface area (Å²) in [5.74, 6) is -0.0693. The van der Waals surface area contributed by atoms with Crippen LogP contribution in [0.15, 0.2) is 42.7 Å². The SMILES string of the molecule is Cc1ccc(C)c2sc(N(CCN3CCOCC3)C(=O)c3ccc4nccnc4c3)nc12. The summed E-state index contributed by atoms with van der Waals surface area (Å²) >= 11 is 1.58. The number of amides is 1. The zero-order valence-corrected chi connectivity index (χ0v) is 19.1. The van der Waals surface area contributed by atoms with Gasteiger partial charge in [-0.05, 0) is 43.2 Å². The number of hydrogen-bond donors (Lipinski definition) is 0. The minimum atomic E-state index is -0.0693. The van der Waals surface area contributed by atoms with Crippen LogP contribution in [0.25, 0.3) is 21.3 Å². The number of aryl methyl sites for hydroxylation is 2. The molecule has 4 aromatic rings. The molecule has 2 aromatic heterocycles. The second-order valence-electron chi connectivity index (χ2n) is 8.04. The van der Waals surface area contributed by atoms with Crippen molar-refractivity contribution >= 4 is 43.6 Å². The maximum Gasteiger partial charge on any atom is 0.260 e. The van der Waals surface area contributed by atoms with E-state index in [2.05, 4.69) is 40.8 Å². The number of nitrogens with zero attached hydrogens (tertiary/aromatic N) is 5. The smallest absolute Gasteiger partial charge is 0.260 e. The molecule has 3 heterocycles. The van der Waals surface area contributed by atoms with E-state index in [0.29, 0.717) is 17.6 Å². The Hall–Kier alpha value is -2.94. The monoisotopic (exact) mass is 447 g/mol. The maximum atomic E-state index is 13.7. The van der Waals surface area contributed by atoms with Crippen molar-refractivity contribution < 1.29 is 9.53 Å². The highest BCUT2D eigenvalue weighted by Crippen LogP contribution is 2.33. The number of morpholine rings is 1. The van der Waals surface area contributed by atoms with Gasteiger partial charge in [-0.1, -0.05) is 23.5 Å². The number of hydrogen-bond acceptors (Lipinski definition) is 7. The predicted octanol–water partition coefficient (Wildman–Crippen LogP) is 3.84. The summed E-state index contributed by atoms with van der Waals surface area (Å²) in [5.41, 5.74) is 5.34. The van der Waals surface area contributed by atoms with Crippen molar-refractivity contribution in [1.82, 2.24) is 19.9 Å². The Labute approximate surface area is 190 Å². The number of anilines is 1. The third-order valence-electron chi connectivity index (χ3n) is 5.87. The van der Waals surface area contributed by atoms with E-state index >= 15 is 0 Å². The highest BCUT2D eigenvalue weighted by molar-refractivity contribution is 7.22. The summed E-state index contributed by atoms with van der Waals surface area (Å²) < 4.78 is 6.60. The first-order valence-corrected chi connectivity index (χ1v) is 11.6. The summed E-state index contributed by atoms with van der Waals surface area (Å²) in [7, 11) is 0. The number of ether oxygens (including phenoxy) is 1. The maximum absolute atomic E-state index is 13.7. The number of thiazole rings is 1. The molecule has 0 radical (unpaired) electrons. The summed E-state index contributed by atoms with van der Waals surface area (Å²) in [6.45, 7) is 8.72. The first kappa shape index (κ1) is 20.9. The average molecular weight is 448 g/mol. The number of benzene rings is 2. The fourth-order valence-electron chi connectivity index (χ4n) is 3.97. The van der Waals surface area contributed by atoms with Crippen LogP contribution in [0.3, 0.4) is 0 Å². The van der Waals surface area contributed by atoms with E-state index in [0.717, 1.165) is 59.3 Å². The largest absolute Gasteiger partial charge is 0.379 e. The summed E-state index contributed by atoms with van der Waals surface area (Å²) in [6.07, 6.45) is 3.30. The molecular formula is C24H25N5O2S. The van der Waals surface area contributed by atoms with E-state index in [-0.39, 0.29) is 5.91 Å². The first-order chi connectivity index (χ1) is 15.6. The molecule has 0 bridgehead atoms. The third kappa shape index (κ3) is 4.09. The molecule has 164 valence electrons. The van der Waals surface area contributed by atoms with Gasteiger partial charge in [0.2, 0.25) is 0 Å². The lowest BCUT2D eigenvalue weighted by Gasteiger charge is -2.29. The average Bonchev–Trinajstić information content (AvgIpc) is 3.28. The Morgan fingerprint density at radius 3 is 2.59 bits per heavy atom. The van der Waals surface area contributed by atoms with Gasteiger partial charge in [-0.15, -0.1) is 0 Å². The topological polar surface area (TPSA) is 71.5 Å². The second kappa shape index (κ2) is 8.90. The van der Waals surface area contributed by atoms with Gasteiger partial charge in [0, 0.05) is 44.1 Å². The lowest BCUT2D eigenvalue weighted by molar-refractivity contribution is 0.0391. The molecular weight excluding hydrogens is 422 g/mol. The third-order valence-corrected chi connectivity index (χ3v) is 7.08. The first-order valence-electron chi connectivity index (χ1n) is 10.8. The molecule has 0 unspecified atom stereocenters. The molecule has 32 heavy (non-hydrogen) atoms. The standard InChI is InChI=1S/C24H25N5O2S/c1-16-3-4-17(2)22-21(16)27-24(32-22)29(10-9-28-11-13-31-14-12-28)23(30)18-5-6-19-20(15-18)26-8-7-25-19/h3-8,15H,9-14H2,1-2H3. The fraction of sp³-hybridized carbons (Fsp3) is 0.333. The van der Waals surface area contributed by atoms with Crippen molar-refractivity contribution in [3.63, 3.8) is 0 Å². The van der Waals surface area contributed by atoms with Crippen molar-refractivity contribution in [2.75, 3.05) is 44.3 Å². The lowest BCUT2D eigenvalue weighted by atomic mass is 10.1. The van der Waals surface area contributed by atoms with Crippen LogP contribution < -0.4 is 4.90 Å². The minimum absolute atomic E-state index is 0.0693. The number of aromatic nitrogens is 3. The van der Waals surface area contributed by atoms with Gasteiger partial charge < -0.3 is 4.74 Å². The van der Waals surface area contributed by atoms with Crippen LogP contribution >= 0.6 is 11.3 Å². The quantitative estimate of drug-likeness (QED) is 0.463. The van der Waals surface area contributed by atoms with Gasteiger partial charge in [0.15, 0.2) is 5.13 Å². The molecule has 8 heteroatoms. The zero-order valence-electron chi connectivity index (χ0n) is 18.2. The van der Waals surface area contributed by atoms with Gasteiger partial charge in [0.1, 0.15) is 0 Å². The van der Waals surface area contributed by atoms with Crippen molar-refractivity contribution in [3.8, 4) is 0 Å². The Morgan fingerprint density at radius 2 is 1.81 bits per heavy atom. The lowest BCUT2D eigenvalue weighted by Crippen LogP contribution is -2.43. The molecule has 0 spiro atoms. The van der Waals surface area contributed by atoms with Crippen LogP contribution in [0.1, 0.15) is 21.5 Å². The molecule has 1 saturated heterocycles. The molecule has 1 aliphatic heterocycles. The zero-order chi connectivity index (χ0) is 22.1. The van der Waals surface area contributed by atoms with Crippen molar-refractivity contribution in [3.05, 3.63) is 59.4 Å². The number of carbonyl (C=O) groups is 1. The van der Waals surface area contributed by atoms with Crippen LogP contribution in [-0.2, 0) is 4.74 Å². The number of fused-ring (bicyclic) bond motifs is 2. The van der Waals surface area contributed by atoms with Crippen molar-refractivity contribution in [2.45, 2.75) is 13.8 Å². The van der Waals surface area contributed by atoms with Gasteiger partial charge in [-0.25, -0.2) is 4.98 Å². The van der Waals surface area contributed by atoms with E-state index in [1.165, 1.54) is 5.56 Å². The van der Waals surface area contributed by atoms with E-state index < -0.39 is 0 Å². The Bertz CT molecular complexity index is 1240. The molecule has 1 aliphatic rings. The predicted molar refractivity (Wildman–Crippen MR) is 128 cm³/mol. The highest BCUT2D eigenvalue weighted by atomic mass is 32.1. The van der Waals surface area contributed by atoms with Crippen LogP contribution in [-0.4, -0.2) is 65.2 Å². The fourth-order valence-corrected chi connectivity index (χ4v) is 5.10. The molecule has 0 saturated carbocycles. The van der Waals surface area contributed by atoms with E-state index in [1.54, 1.807) is 23.7 Å². The Balaban J connectivity index is 1.51. The number of carbonyl (C=O) groups excluding carboxylic acids is 1. The Kier molecular flexibility index (Phi) is 5.82. The molecule has 0 atom stereocenters. The van der Waals surface area contributed by atoms with E-state index in [9.17, 15) is 4.79 Å². The summed E-state index contributed by atoms with van der Waals surface area (Å²) in [4.78, 5) is 31.4. The highest BCUT2D eigenvalue weighted by Gasteiger charge is 2.24. The molecule has 1 amide bonds. The molecule has 0 N–H and O–H groups in total. The minimum Gasteiger partial charge on any atom is -0.379 e. The van der Waals surface area contributed by atoms with Gasteiger partial charge in [-0.3, -0.25) is 24.6 Å². The molecule has 1 fully saturated rings. The van der Waals surface area contributed by atoms with E-state index in [1.807, 2.05) is 23.1 Å². The van der Waals surface area contributed by atoms with Gasteiger partial charge in [0.05, 0.1) is 34.5 Å². The van der Waals surface area contributed by atoms with Gasteiger partial charge >= 0.3 is 0 Å². The Morgan fingerprint density at radius 1 is 1.06 bits per heavy atom. The van der Waals surface area contributed by atoms with Gasteiger partial charge in [0.25, 0.3) is 5.91 Å². The second-order valence-corrected chi connectivity index (χ2v) is 9.02. The summed E-state index contributed by atoms with van der Waals surface area (Å²) in [5, 5.41) is 0.731.